The summed E-state index contributed by atoms with van der Waals surface area (Å²) in [6.45, 7) is 1.90. The van der Waals surface area contributed by atoms with E-state index in [2.05, 4.69) is 15.5 Å². The van der Waals surface area contributed by atoms with Crippen molar-refractivity contribution in [1.29, 1.82) is 0 Å². The lowest BCUT2D eigenvalue weighted by Gasteiger charge is -2.10. The quantitative estimate of drug-likeness (QED) is 0.111. The Bertz CT molecular complexity index is 1420. The summed E-state index contributed by atoms with van der Waals surface area (Å²) in [5, 5.41) is 17.5. The second kappa shape index (κ2) is 10.6. The molecular weight excluding hydrogens is 468 g/mol. The molecule has 35 heavy (non-hydrogen) atoms. The fraction of sp³-hybridized carbons (Fsp3) is 0.0800. The van der Waals surface area contributed by atoms with E-state index in [-0.39, 0.29) is 5.69 Å². The molecule has 0 unspecified atom stereocenters. The number of nitro benzene ring substituents is 1. The molecular formula is C25H20N4O5S. The Kier molecular flexibility index (Phi) is 7.12. The standard InChI is InChI=1S/C25H20N4O5S/c1-16-5-3-7-19(11-16)24(30)34-22-10-9-17(12-23(22)33-2)14-26-28-25-27-21(15-35-25)18-6-4-8-20(13-18)29(31)32/h3-15H,1-2H3,(H,27,28)/b26-14-. The van der Waals surface area contributed by atoms with E-state index in [1.165, 1.54) is 30.6 Å². The van der Waals surface area contributed by atoms with Crippen LogP contribution in [-0.4, -0.2) is 29.2 Å². The van der Waals surface area contributed by atoms with E-state index in [4.69, 9.17) is 9.47 Å². The molecule has 1 N–H and O–H groups in total. The number of ether oxygens (including phenoxy) is 2. The van der Waals surface area contributed by atoms with Gasteiger partial charge in [-0.3, -0.25) is 15.5 Å². The number of esters is 1. The second-order valence-electron chi connectivity index (χ2n) is 7.38. The Labute approximate surface area is 204 Å². The average Bonchev–Trinajstić information content (AvgIpc) is 3.34. The molecule has 3 aromatic carbocycles. The van der Waals surface area contributed by atoms with E-state index >= 15 is 0 Å². The lowest BCUT2D eigenvalue weighted by Crippen LogP contribution is -2.09. The van der Waals surface area contributed by atoms with E-state index in [1.807, 2.05) is 13.0 Å². The largest absolute Gasteiger partial charge is 0.493 e. The number of aromatic nitrogens is 1. The third-order valence-corrected chi connectivity index (χ3v) is 5.62. The number of carbonyl (C=O) groups excluding carboxylic acids is 1. The number of hydrogen-bond acceptors (Lipinski definition) is 9. The van der Waals surface area contributed by atoms with Gasteiger partial charge in [0.1, 0.15) is 0 Å². The van der Waals surface area contributed by atoms with Crippen molar-refractivity contribution in [2.45, 2.75) is 6.92 Å². The molecule has 10 heteroatoms. The van der Waals surface area contributed by atoms with E-state index < -0.39 is 10.9 Å². The summed E-state index contributed by atoms with van der Waals surface area (Å²) in [7, 11) is 1.49. The van der Waals surface area contributed by atoms with Crippen molar-refractivity contribution < 1.29 is 19.2 Å². The first kappa shape index (κ1) is 23.6. The van der Waals surface area contributed by atoms with Gasteiger partial charge in [0.2, 0.25) is 5.13 Å². The first-order chi connectivity index (χ1) is 16.9. The first-order valence-electron chi connectivity index (χ1n) is 10.4. The maximum absolute atomic E-state index is 12.5. The Morgan fingerprint density at radius 3 is 2.71 bits per heavy atom. The van der Waals surface area contributed by atoms with Gasteiger partial charge in [-0.2, -0.15) is 5.10 Å². The highest BCUT2D eigenvalue weighted by atomic mass is 32.1. The zero-order chi connectivity index (χ0) is 24.8. The van der Waals surface area contributed by atoms with Crippen molar-refractivity contribution in [2.24, 2.45) is 5.10 Å². The van der Waals surface area contributed by atoms with Gasteiger partial charge in [-0.15, -0.1) is 11.3 Å². The van der Waals surface area contributed by atoms with E-state index in [1.54, 1.807) is 60.1 Å². The van der Waals surface area contributed by atoms with E-state index in [0.29, 0.717) is 39.0 Å². The van der Waals surface area contributed by atoms with Crippen LogP contribution in [0.25, 0.3) is 11.3 Å². The number of thiazole rings is 1. The Morgan fingerprint density at radius 2 is 1.94 bits per heavy atom. The van der Waals surface area contributed by atoms with Gasteiger partial charge in [-0.1, -0.05) is 29.8 Å². The zero-order valence-corrected chi connectivity index (χ0v) is 19.6. The van der Waals surface area contributed by atoms with Gasteiger partial charge >= 0.3 is 5.97 Å². The van der Waals surface area contributed by atoms with Gasteiger partial charge in [0.05, 0.1) is 29.5 Å². The number of anilines is 1. The van der Waals surface area contributed by atoms with Crippen LogP contribution < -0.4 is 14.9 Å². The van der Waals surface area contributed by atoms with Gasteiger partial charge in [-0.05, 0) is 42.8 Å². The van der Waals surface area contributed by atoms with E-state index in [9.17, 15) is 14.9 Å². The predicted molar refractivity (Wildman–Crippen MR) is 135 cm³/mol. The topological polar surface area (TPSA) is 116 Å². The molecule has 0 amide bonds. The number of nitrogens with zero attached hydrogens (tertiary/aromatic N) is 3. The highest BCUT2D eigenvalue weighted by Gasteiger charge is 2.13. The summed E-state index contributed by atoms with van der Waals surface area (Å²) in [4.78, 5) is 27.4. The number of nitrogens with one attached hydrogen (secondary N) is 1. The molecule has 176 valence electrons. The zero-order valence-electron chi connectivity index (χ0n) is 18.8. The minimum Gasteiger partial charge on any atom is -0.493 e. The summed E-state index contributed by atoms with van der Waals surface area (Å²) in [6.07, 6.45) is 1.57. The van der Waals surface area contributed by atoms with Crippen molar-refractivity contribution in [1.82, 2.24) is 4.98 Å². The summed E-state index contributed by atoms with van der Waals surface area (Å²) < 4.78 is 10.9. The minimum absolute atomic E-state index is 0.00462. The molecule has 0 radical (unpaired) electrons. The fourth-order valence-electron chi connectivity index (χ4n) is 3.18. The molecule has 1 heterocycles. The lowest BCUT2D eigenvalue weighted by atomic mass is 10.1. The molecule has 4 aromatic rings. The maximum Gasteiger partial charge on any atom is 0.343 e. The summed E-state index contributed by atoms with van der Waals surface area (Å²) in [5.41, 5.74) is 6.23. The molecule has 0 bridgehead atoms. The molecule has 0 aliphatic rings. The monoisotopic (exact) mass is 488 g/mol. The van der Waals surface area contributed by atoms with Crippen LogP contribution >= 0.6 is 11.3 Å². The van der Waals surface area contributed by atoms with Crippen LogP contribution in [0.1, 0.15) is 21.5 Å². The van der Waals surface area contributed by atoms with E-state index in [0.717, 1.165) is 5.56 Å². The molecule has 9 nitrogen and oxygen atoms in total. The van der Waals surface area contributed by atoms with Crippen molar-refractivity contribution in [2.75, 3.05) is 12.5 Å². The molecule has 0 aliphatic heterocycles. The van der Waals surface area contributed by atoms with Crippen LogP contribution in [0.4, 0.5) is 10.8 Å². The number of aryl methyl sites for hydroxylation is 1. The minimum atomic E-state index is -0.474. The summed E-state index contributed by atoms with van der Waals surface area (Å²) in [6, 6.07) is 18.5. The number of hydrazone groups is 1. The SMILES string of the molecule is COc1cc(/C=N\Nc2nc(-c3cccc([N+](=O)[O-])c3)cs2)ccc1OC(=O)c1cccc(C)c1. The normalized spacial score (nSPS) is 10.8. The molecule has 0 spiro atoms. The molecule has 4 rings (SSSR count). The molecule has 0 saturated heterocycles. The number of rotatable bonds is 8. The van der Waals surface area contributed by atoms with Gasteiger partial charge in [-0.25, -0.2) is 9.78 Å². The number of hydrogen-bond donors (Lipinski definition) is 1. The fourth-order valence-corrected chi connectivity index (χ4v) is 3.85. The van der Waals surface area contributed by atoms with Crippen LogP contribution in [0, 0.1) is 17.0 Å². The third kappa shape index (κ3) is 5.87. The van der Waals surface area contributed by atoms with Gasteiger partial charge in [0, 0.05) is 23.1 Å². The number of non-ortho nitro benzene ring substituents is 1. The number of nitro groups is 1. The highest BCUT2D eigenvalue weighted by molar-refractivity contribution is 7.14. The average molecular weight is 489 g/mol. The molecule has 0 atom stereocenters. The predicted octanol–water partition coefficient (Wildman–Crippen LogP) is 5.70. The highest BCUT2D eigenvalue weighted by Crippen LogP contribution is 2.29. The van der Waals surface area contributed by atoms with Gasteiger partial charge in [0.25, 0.3) is 5.69 Å². The Morgan fingerprint density at radius 1 is 1.11 bits per heavy atom. The Balaban J connectivity index is 1.42. The smallest absolute Gasteiger partial charge is 0.343 e. The van der Waals surface area contributed by atoms with Crippen molar-refractivity contribution in [3.63, 3.8) is 0 Å². The number of benzene rings is 3. The summed E-state index contributed by atoms with van der Waals surface area (Å²) in [5.74, 6) is 0.209. The van der Waals surface area contributed by atoms with Gasteiger partial charge in [0.15, 0.2) is 11.5 Å². The molecule has 0 saturated carbocycles. The maximum atomic E-state index is 12.5. The second-order valence-corrected chi connectivity index (χ2v) is 8.24. The number of methoxy groups -OCH3 is 1. The van der Waals surface area contributed by atoms with Gasteiger partial charge < -0.3 is 9.47 Å². The van der Waals surface area contributed by atoms with Crippen molar-refractivity contribution in [3.05, 3.63) is 98.9 Å². The van der Waals surface area contributed by atoms with Crippen molar-refractivity contribution in [3.8, 4) is 22.8 Å². The Hall–Kier alpha value is -4.57. The first-order valence-corrected chi connectivity index (χ1v) is 11.3. The molecule has 0 aliphatic carbocycles. The van der Waals surface area contributed by atoms with Crippen molar-refractivity contribution >= 4 is 34.3 Å². The van der Waals surface area contributed by atoms with Crippen LogP contribution in [-0.2, 0) is 0 Å². The third-order valence-electron chi connectivity index (χ3n) is 4.87. The van der Waals surface area contributed by atoms with Crippen LogP contribution in [0.5, 0.6) is 11.5 Å². The lowest BCUT2D eigenvalue weighted by molar-refractivity contribution is -0.384. The molecule has 0 fully saturated rings. The van der Waals surface area contributed by atoms with Crippen LogP contribution in [0.15, 0.2) is 77.2 Å². The van der Waals surface area contributed by atoms with Crippen LogP contribution in [0.2, 0.25) is 0 Å². The van der Waals surface area contributed by atoms with Crippen LogP contribution in [0.3, 0.4) is 0 Å². The molecule has 1 aromatic heterocycles. The summed E-state index contributed by atoms with van der Waals surface area (Å²) >= 11 is 1.32. The number of carbonyl (C=O) groups is 1.